The molecule has 45 heavy (non-hydrogen) atoms. The Bertz CT molecular complexity index is 1800. The molecule has 0 saturated carbocycles. The maximum atomic E-state index is 14.1. The van der Waals surface area contributed by atoms with Gasteiger partial charge in [0.15, 0.2) is 11.6 Å². The normalized spacial score (nSPS) is 14.1. The number of benzene rings is 2. The second-order valence-electron chi connectivity index (χ2n) is 10.9. The topological polar surface area (TPSA) is 96.5 Å². The molecule has 3 aromatic heterocycles. The zero-order chi connectivity index (χ0) is 31.3. The van der Waals surface area contributed by atoms with Gasteiger partial charge in [-0.3, -0.25) is 4.90 Å². The summed E-state index contributed by atoms with van der Waals surface area (Å²) >= 11 is 5.83. The van der Waals surface area contributed by atoms with E-state index in [1.54, 1.807) is 12.1 Å². The molecule has 4 heterocycles. The van der Waals surface area contributed by atoms with Crippen LogP contribution in [0.2, 0.25) is 5.02 Å². The van der Waals surface area contributed by atoms with Gasteiger partial charge in [0.05, 0.1) is 54.5 Å². The number of aryl methyl sites for hydroxylation is 1. The van der Waals surface area contributed by atoms with Crippen LogP contribution in [-0.4, -0.2) is 61.3 Å². The monoisotopic (exact) mass is 632 g/mol. The summed E-state index contributed by atoms with van der Waals surface area (Å²) in [5.41, 5.74) is 3.89. The fourth-order valence-corrected chi connectivity index (χ4v) is 5.70. The number of imidazole rings is 2. The van der Waals surface area contributed by atoms with Gasteiger partial charge >= 0.3 is 5.97 Å². The van der Waals surface area contributed by atoms with Gasteiger partial charge in [0, 0.05) is 36.9 Å². The molecule has 1 aliphatic heterocycles. The second kappa shape index (κ2) is 13.7. The van der Waals surface area contributed by atoms with Crippen molar-refractivity contribution in [1.82, 2.24) is 29.0 Å². The number of nitrogens with zero attached hydrogens (tertiary/aromatic N) is 6. The van der Waals surface area contributed by atoms with Crippen molar-refractivity contribution in [2.45, 2.75) is 52.1 Å². The lowest BCUT2D eigenvalue weighted by Gasteiger charge is -2.31. The molecule has 0 unspecified atom stereocenters. The number of esters is 1. The average Bonchev–Trinajstić information content (AvgIpc) is 3.65. The number of ether oxygens (including phenoxy) is 3. The van der Waals surface area contributed by atoms with Crippen molar-refractivity contribution in [3.8, 4) is 11.6 Å². The summed E-state index contributed by atoms with van der Waals surface area (Å²) < 4.78 is 35.2. The number of methoxy groups -OCH3 is 1. The third kappa shape index (κ3) is 7.10. The van der Waals surface area contributed by atoms with Gasteiger partial charge in [-0.15, -0.1) is 0 Å². The number of piperidine rings is 1. The molecule has 0 radical (unpaired) electrons. The Labute approximate surface area is 265 Å². The highest BCUT2D eigenvalue weighted by atomic mass is 35.5. The molecule has 12 heteroatoms. The van der Waals surface area contributed by atoms with Gasteiger partial charge in [0.1, 0.15) is 18.5 Å². The zero-order valence-corrected chi connectivity index (χ0v) is 25.9. The molecule has 6 rings (SSSR count). The van der Waals surface area contributed by atoms with E-state index in [2.05, 4.69) is 30.9 Å². The SMILES string of the molecule is CCn1cncc1Cn1c(CN2CCC(Oc3cccc(COc4ccc(Cl)cc4F)n3)CC2)nc2ccc(C(=O)OC)cc21. The summed E-state index contributed by atoms with van der Waals surface area (Å²) in [6, 6.07) is 15.3. The predicted molar refractivity (Wildman–Crippen MR) is 167 cm³/mol. The van der Waals surface area contributed by atoms with E-state index in [1.165, 1.54) is 19.2 Å². The summed E-state index contributed by atoms with van der Waals surface area (Å²) in [7, 11) is 1.38. The number of pyridine rings is 1. The molecular weight excluding hydrogens is 599 g/mol. The fourth-order valence-electron chi connectivity index (χ4n) is 5.54. The predicted octanol–water partition coefficient (Wildman–Crippen LogP) is 5.90. The minimum absolute atomic E-state index is 0.0129. The van der Waals surface area contributed by atoms with E-state index in [0.29, 0.717) is 35.2 Å². The third-order valence-corrected chi connectivity index (χ3v) is 8.18. The minimum atomic E-state index is -0.518. The molecule has 0 aliphatic carbocycles. The first-order valence-corrected chi connectivity index (χ1v) is 15.3. The Balaban J connectivity index is 1.11. The molecule has 0 spiro atoms. The molecular formula is C33H34ClFN6O4. The van der Waals surface area contributed by atoms with Crippen molar-refractivity contribution < 1.29 is 23.4 Å². The number of halogens is 2. The molecule has 5 aromatic rings. The largest absolute Gasteiger partial charge is 0.484 e. The maximum absolute atomic E-state index is 14.1. The van der Waals surface area contributed by atoms with Crippen LogP contribution in [0.3, 0.4) is 0 Å². The standard InChI is InChI=1S/C33H34ClFN6O4/c1-3-40-21-36-17-25(40)18-41-29-15-22(33(42)43-2)7-9-28(29)38-31(41)19-39-13-11-26(12-14-39)45-32-6-4-5-24(37-32)20-44-30-10-8-23(34)16-27(30)35/h4-10,15-17,21,26H,3,11-14,18-20H2,1-2H3. The Morgan fingerprint density at radius 3 is 2.69 bits per heavy atom. The van der Waals surface area contributed by atoms with E-state index < -0.39 is 5.82 Å². The molecule has 10 nitrogen and oxygen atoms in total. The van der Waals surface area contributed by atoms with Gasteiger partial charge in [-0.2, -0.15) is 0 Å². The number of fused-ring (bicyclic) bond motifs is 1. The van der Waals surface area contributed by atoms with Crippen molar-refractivity contribution >= 4 is 28.6 Å². The van der Waals surface area contributed by atoms with E-state index >= 15 is 0 Å². The lowest BCUT2D eigenvalue weighted by atomic mass is 10.1. The quantitative estimate of drug-likeness (QED) is 0.166. The summed E-state index contributed by atoms with van der Waals surface area (Å²) in [6.07, 6.45) is 5.37. The van der Waals surface area contributed by atoms with Crippen LogP contribution < -0.4 is 9.47 Å². The number of hydrogen-bond acceptors (Lipinski definition) is 8. The number of rotatable bonds is 11. The van der Waals surface area contributed by atoms with Gasteiger partial charge in [0.25, 0.3) is 0 Å². The molecule has 1 saturated heterocycles. The Kier molecular flexibility index (Phi) is 9.27. The van der Waals surface area contributed by atoms with Gasteiger partial charge in [-0.25, -0.2) is 24.1 Å². The third-order valence-electron chi connectivity index (χ3n) is 7.95. The van der Waals surface area contributed by atoms with Crippen LogP contribution in [0.1, 0.15) is 47.3 Å². The molecule has 0 bridgehead atoms. The Morgan fingerprint density at radius 1 is 1.07 bits per heavy atom. The average molecular weight is 633 g/mol. The van der Waals surface area contributed by atoms with Crippen molar-refractivity contribution in [3.63, 3.8) is 0 Å². The Morgan fingerprint density at radius 2 is 1.91 bits per heavy atom. The summed E-state index contributed by atoms with van der Waals surface area (Å²) in [5.74, 6) is 0.655. The summed E-state index contributed by atoms with van der Waals surface area (Å²) in [5, 5.41) is 0.312. The van der Waals surface area contributed by atoms with Crippen molar-refractivity contribution in [3.05, 3.63) is 101 Å². The number of carbonyl (C=O) groups excluding carboxylic acids is 1. The minimum Gasteiger partial charge on any atom is -0.484 e. The van der Waals surface area contributed by atoms with E-state index in [4.69, 9.17) is 30.8 Å². The first-order chi connectivity index (χ1) is 21.9. The number of hydrogen-bond donors (Lipinski definition) is 0. The van der Waals surface area contributed by atoms with E-state index in [1.807, 2.05) is 42.9 Å². The maximum Gasteiger partial charge on any atom is 0.337 e. The van der Waals surface area contributed by atoms with Crippen LogP contribution >= 0.6 is 11.6 Å². The van der Waals surface area contributed by atoms with E-state index in [9.17, 15) is 9.18 Å². The molecule has 0 atom stereocenters. The smallest absolute Gasteiger partial charge is 0.337 e. The highest BCUT2D eigenvalue weighted by Crippen LogP contribution is 2.25. The van der Waals surface area contributed by atoms with Gasteiger partial charge < -0.3 is 23.3 Å². The number of carbonyl (C=O) groups is 1. The first-order valence-electron chi connectivity index (χ1n) is 14.9. The Hall–Kier alpha value is -4.48. The summed E-state index contributed by atoms with van der Waals surface area (Å²) in [6.45, 7) is 5.89. The van der Waals surface area contributed by atoms with Crippen molar-refractivity contribution in [2.75, 3.05) is 20.2 Å². The van der Waals surface area contributed by atoms with Crippen LogP contribution in [-0.2, 0) is 31.0 Å². The number of aromatic nitrogens is 5. The highest BCUT2D eigenvalue weighted by Gasteiger charge is 2.24. The first kappa shape index (κ1) is 30.5. The lowest BCUT2D eigenvalue weighted by molar-refractivity contribution is 0.0601. The van der Waals surface area contributed by atoms with Gasteiger partial charge in [-0.1, -0.05) is 17.7 Å². The van der Waals surface area contributed by atoms with Gasteiger partial charge in [0.2, 0.25) is 5.88 Å². The van der Waals surface area contributed by atoms with Crippen molar-refractivity contribution in [2.24, 2.45) is 0 Å². The molecule has 1 fully saturated rings. The lowest BCUT2D eigenvalue weighted by Crippen LogP contribution is -2.38. The van der Waals surface area contributed by atoms with Crippen LogP contribution in [0, 0.1) is 5.82 Å². The van der Waals surface area contributed by atoms with Crippen LogP contribution in [0.25, 0.3) is 11.0 Å². The second-order valence-corrected chi connectivity index (χ2v) is 11.3. The molecule has 2 aromatic carbocycles. The van der Waals surface area contributed by atoms with Crippen LogP contribution in [0.4, 0.5) is 4.39 Å². The molecule has 234 valence electrons. The highest BCUT2D eigenvalue weighted by molar-refractivity contribution is 6.30. The number of likely N-dealkylation sites (tertiary alicyclic amines) is 1. The zero-order valence-electron chi connectivity index (χ0n) is 25.2. The van der Waals surface area contributed by atoms with Gasteiger partial charge in [-0.05, 0) is 62.2 Å². The molecule has 1 aliphatic rings. The fraction of sp³-hybridized carbons (Fsp3) is 0.333. The van der Waals surface area contributed by atoms with E-state index in [-0.39, 0.29) is 24.4 Å². The van der Waals surface area contributed by atoms with E-state index in [0.717, 1.165) is 55.0 Å². The summed E-state index contributed by atoms with van der Waals surface area (Å²) in [4.78, 5) is 28.5. The van der Waals surface area contributed by atoms with Crippen LogP contribution in [0.15, 0.2) is 67.1 Å². The molecule has 0 amide bonds. The van der Waals surface area contributed by atoms with Crippen LogP contribution in [0.5, 0.6) is 11.6 Å². The van der Waals surface area contributed by atoms with Crippen molar-refractivity contribution in [1.29, 1.82) is 0 Å². The molecule has 0 N–H and O–H groups in total.